The topological polar surface area (TPSA) is 30.5 Å². The van der Waals surface area contributed by atoms with Gasteiger partial charge in [-0.1, -0.05) is 6.07 Å². The summed E-state index contributed by atoms with van der Waals surface area (Å²) in [6, 6.07) is 7.30. The van der Waals surface area contributed by atoms with Crippen molar-refractivity contribution < 1.29 is 9.47 Å². The lowest BCUT2D eigenvalue weighted by Gasteiger charge is -2.23. The molecule has 3 atom stereocenters. The van der Waals surface area contributed by atoms with E-state index in [4.69, 9.17) is 9.47 Å². The predicted molar refractivity (Wildman–Crippen MR) is 83.9 cm³/mol. The summed E-state index contributed by atoms with van der Waals surface area (Å²) in [4.78, 5) is 0. The molecule has 3 nitrogen and oxygen atoms in total. The first-order valence-corrected chi connectivity index (χ1v) is 8.73. The lowest BCUT2D eigenvalue weighted by Crippen LogP contribution is -2.29. The van der Waals surface area contributed by atoms with Crippen LogP contribution >= 0.6 is 11.8 Å². The van der Waals surface area contributed by atoms with E-state index in [1.54, 1.807) is 0 Å². The Morgan fingerprint density at radius 3 is 2.75 bits per heavy atom. The van der Waals surface area contributed by atoms with Gasteiger partial charge in [0, 0.05) is 17.3 Å². The van der Waals surface area contributed by atoms with Crippen molar-refractivity contribution in [3.05, 3.63) is 23.8 Å². The smallest absolute Gasteiger partial charge is 0.161 e. The molecular formula is C16H23NO2S. The maximum atomic E-state index is 5.66. The van der Waals surface area contributed by atoms with Gasteiger partial charge in [-0.15, -0.1) is 0 Å². The van der Waals surface area contributed by atoms with Crippen molar-refractivity contribution in [3.8, 4) is 11.5 Å². The van der Waals surface area contributed by atoms with E-state index in [1.807, 2.05) is 17.8 Å². The minimum absolute atomic E-state index is 0.358. The highest BCUT2D eigenvalue weighted by atomic mass is 32.2. The molecule has 0 bridgehead atoms. The quantitative estimate of drug-likeness (QED) is 0.922. The van der Waals surface area contributed by atoms with Crippen LogP contribution in [-0.4, -0.2) is 30.8 Å². The molecule has 3 unspecified atom stereocenters. The molecule has 0 aromatic heterocycles. The Morgan fingerprint density at radius 2 is 2.00 bits per heavy atom. The summed E-state index contributed by atoms with van der Waals surface area (Å²) in [5.74, 6) is 1.76. The summed E-state index contributed by atoms with van der Waals surface area (Å²) in [5.41, 5.74) is 1.28. The van der Waals surface area contributed by atoms with E-state index in [1.165, 1.54) is 24.8 Å². The molecule has 20 heavy (non-hydrogen) atoms. The second-order valence-corrected chi connectivity index (χ2v) is 6.80. The fourth-order valence-electron chi connectivity index (χ4n) is 3.08. The SMILES string of the molecule is CSC1CCC(NC(C)c2ccc3c(c2)OCCO3)C1. The van der Waals surface area contributed by atoms with Gasteiger partial charge in [0.1, 0.15) is 13.2 Å². The maximum absolute atomic E-state index is 5.66. The monoisotopic (exact) mass is 293 g/mol. The molecule has 1 aliphatic heterocycles. The van der Waals surface area contributed by atoms with Crippen LogP contribution in [0.15, 0.2) is 18.2 Å². The summed E-state index contributed by atoms with van der Waals surface area (Å²) >= 11 is 2.00. The van der Waals surface area contributed by atoms with Gasteiger partial charge in [-0.05, 0) is 50.1 Å². The van der Waals surface area contributed by atoms with Crippen LogP contribution in [0.2, 0.25) is 0 Å². The first-order valence-electron chi connectivity index (χ1n) is 7.44. The van der Waals surface area contributed by atoms with Crippen LogP contribution in [0.5, 0.6) is 11.5 Å². The lowest BCUT2D eigenvalue weighted by atomic mass is 10.1. The zero-order chi connectivity index (χ0) is 13.9. The zero-order valence-corrected chi connectivity index (χ0v) is 13.0. The van der Waals surface area contributed by atoms with Crippen molar-refractivity contribution in [1.82, 2.24) is 5.32 Å². The van der Waals surface area contributed by atoms with E-state index in [2.05, 4.69) is 30.6 Å². The summed E-state index contributed by atoms with van der Waals surface area (Å²) in [7, 11) is 0. The molecule has 0 saturated heterocycles. The number of hydrogen-bond donors (Lipinski definition) is 1. The Balaban J connectivity index is 1.63. The van der Waals surface area contributed by atoms with Crippen molar-refractivity contribution in [1.29, 1.82) is 0 Å². The minimum Gasteiger partial charge on any atom is -0.486 e. The molecule has 1 aromatic rings. The summed E-state index contributed by atoms with van der Waals surface area (Å²) < 4.78 is 11.2. The number of nitrogens with one attached hydrogen (secondary N) is 1. The predicted octanol–water partition coefficient (Wildman–Crippen LogP) is 3.39. The molecule has 110 valence electrons. The van der Waals surface area contributed by atoms with Crippen LogP contribution in [0, 0.1) is 0 Å². The van der Waals surface area contributed by atoms with Gasteiger partial charge in [-0.25, -0.2) is 0 Å². The number of ether oxygens (including phenoxy) is 2. The fraction of sp³-hybridized carbons (Fsp3) is 0.625. The van der Waals surface area contributed by atoms with Crippen LogP contribution in [0.3, 0.4) is 0 Å². The van der Waals surface area contributed by atoms with Gasteiger partial charge in [0.25, 0.3) is 0 Å². The average molecular weight is 293 g/mol. The Bertz CT molecular complexity index is 466. The van der Waals surface area contributed by atoms with E-state index < -0.39 is 0 Å². The molecule has 1 N–H and O–H groups in total. The molecule has 1 aromatic carbocycles. The third-order valence-corrected chi connectivity index (χ3v) is 5.36. The molecule has 4 heteroatoms. The molecule has 1 heterocycles. The maximum Gasteiger partial charge on any atom is 0.161 e. The Morgan fingerprint density at radius 1 is 1.20 bits per heavy atom. The van der Waals surface area contributed by atoms with Gasteiger partial charge < -0.3 is 14.8 Å². The lowest BCUT2D eigenvalue weighted by molar-refractivity contribution is 0.171. The van der Waals surface area contributed by atoms with E-state index in [0.29, 0.717) is 25.3 Å². The van der Waals surface area contributed by atoms with Gasteiger partial charge in [0.15, 0.2) is 11.5 Å². The highest BCUT2D eigenvalue weighted by Crippen LogP contribution is 2.34. The zero-order valence-electron chi connectivity index (χ0n) is 12.2. The molecule has 0 spiro atoms. The fourth-order valence-corrected chi connectivity index (χ4v) is 3.88. The van der Waals surface area contributed by atoms with E-state index in [0.717, 1.165) is 16.7 Å². The Labute approximate surface area is 125 Å². The van der Waals surface area contributed by atoms with Gasteiger partial charge in [0.2, 0.25) is 0 Å². The second kappa shape index (κ2) is 6.27. The number of fused-ring (bicyclic) bond motifs is 1. The number of benzene rings is 1. The van der Waals surface area contributed by atoms with Crippen LogP contribution in [0.25, 0.3) is 0 Å². The summed E-state index contributed by atoms with van der Waals surface area (Å²) in [6.07, 6.45) is 6.14. The van der Waals surface area contributed by atoms with Crippen LogP contribution in [0.1, 0.15) is 37.8 Å². The summed E-state index contributed by atoms with van der Waals surface area (Å²) in [5, 5.41) is 4.59. The molecule has 2 aliphatic rings. The van der Waals surface area contributed by atoms with Gasteiger partial charge in [-0.2, -0.15) is 11.8 Å². The van der Waals surface area contributed by atoms with Gasteiger partial charge >= 0.3 is 0 Å². The third-order valence-electron chi connectivity index (χ3n) is 4.27. The van der Waals surface area contributed by atoms with E-state index >= 15 is 0 Å². The highest BCUT2D eigenvalue weighted by Gasteiger charge is 2.25. The van der Waals surface area contributed by atoms with Crippen LogP contribution in [0.4, 0.5) is 0 Å². The van der Waals surface area contributed by atoms with Crippen molar-refractivity contribution in [3.63, 3.8) is 0 Å². The molecule has 0 amide bonds. The Hall–Kier alpha value is -0.870. The largest absolute Gasteiger partial charge is 0.486 e. The van der Waals surface area contributed by atoms with Crippen LogP contribution in [-0.2, 0) is 0 Å². The van der Waals surface area contributed by atoms with Crippen molar-refractivity contribution in [2.24, 2.45) is 0 Å². The molecular weight excluding hydrogens is 270 g/mol. The summed E-state index contributed by atoms with van der Waals surface area (Å²) in [6.45, 7) is 3.53. The molecule has 0 radical (unpaired) electrons. The second-order valence-electron chi connectivity index (χ2n) is 5.66. The first kappa shape index (κ1) is 14.1. The minimum atomic E-state index is 0.358. The third kappa shape index (κ3) is 3.07. The normalized spacial score (nSPS) is 26.5. The number of thioether (sulfide) groups is 1. The number of rotatable bonds is 4. The molecule has 1 saturated carbocycles. The average Bonchev–Trinajstić information content (AvgIpc) is 2.94. The van der Waals surface area contributed by atoms with E-state index in [-0.39, 0.29) is 0 Å². The van der Waals surface area contributed by atoms with Crippen molar-refractivity contribution >= 4 is 11.8 Å². The van der Waals surface area contributed by atoms with Gasteiger partial charge in [0.05, 0.1) is 0 Å². The number of hydrogen-bond acceptors (Lipinski definition) is 4. The highest BCUT2D eigenvalue weighted by molar-refractivity contribution is 7.99. The first-order chi connectivity index (χ1) is 9.76. The van der Waals surface area contributed by atoms with Crippen molar-refractivity contribution in [2.45, 2.75) is 43.5 Å². The molecule has 3 rings (SSSR count). The van der Waals surface area contributed by atoms with Crippen molar-refractivity contribution in [2.75, 3.05) is 19.5 Å². The van der Waals surface area contributed by atoms with E-state index in [9.17, 15) is 0 Å². The Kier molecular flexibility index (Phi) is 4.41. The van der Waals surface area contributed by atoms with Gasteiger partial charge in [-0.3, -0.25) is 0 Å². The standard InChI is InChI=1S/C16H23NO2S/c1-11(17-13-4-5-14(10-13)20-2)12-3-6-15-16(9-12)19-8-7-18-15/h3,6,9,11,13-14,17H,4-5,7-8,10H2,1-2H3. The molecule has 1 aliphatic carbocycles. The molecule has 1 fully saturated rings. The van der Waals surface area contributed by atoms with Crippen LogP contribution < -0.4 is 14.8 Å².